The Labute approximate surface area is 208 Å². The van der Waals surface area contributed by atoms with Crippen LogP contribution in [0.15, 0.2) is 42.7 Å². The van der Waals surface area contributed by atoms with E-state index < -0.39 is 6.09 Å². The van der Waals surface area contributed by atoms with Crippen molar-refractivity contribution in [2.24, 2.45) is 13.0 Å². The Hall–Kier alpha value is -3.64. The number of nitrogens with zero attached hydrogens (tertiary/aromatic N) is 3. The van der Waals surface area contributed by atoms with Gasteiger partial charge in [-0.2, -0.15) is 5.26 Å². The van der Waals surface area contributed by atoms with E-state index in [1.54, 1.807) is 6.20 Å². The van der Waals surface area contributed by atoms with Gasteiger partial charge in [0.1, 0.15) is 16.9 Å². The highest BCUT2D eigenvalue weighted by Gasteiger charge is 2.27. The third kappa shape index (κ3) is 6.08. The van der Waals surface area contributed by atoms with Gasteiger partial charge in [0.2, 0.25) is 5.91 Å². The number of alkyl carbamates (subject to hydrolysis) is 1. The standard InChI is InChI=1S/C26H29N5O3S/c1-17(19-6-4-3-5-7-19)12-24(32)30-25-21(14-27)20-9-8-18(13-22(20)35-25)16-34-26(33)29-15-23-28-10-11-31(23)2/h3-7,10-11,17-18H,8-9,12-13,15-16H2,1-2H3,(H,29,33)(H,30,32). The maximum absolute atomic E-state index is 12.7. The number of anilines is 1. The van der Waals surface area contributed by atoms with E-state index in [-0.39, 0.29) is 17.7 Å². The Morgan fingerprint density at radius 3 is 2.86 bits per heavy atom. The van der Waals surface area contributed by atoms with E-state index in [0.29, 0.717) is 30.1 Å². The molecule has 35 heavy (non-hydrogen) atoms. The van der Waals surface area contributed by atoms with E-state index in [0.717, 1.165) is 41.1 Å². The Kier molecular flexibility index (Phi) is 7.83. The summed E-state index contributed by atoms with van der Waals surface area (Å²) < 4.78 is 7.27. The van der Waals surface area contributed by atoms with Gasteiger partial charge >= 0.3 is 6.09 Å². The van der Waals surface area contributed by atoms with Crippen LogP contribution in [0.2, 0.25) is 0 Å². The predicted octanol–water partition coefficient (Wildman–Crippen LogP) is 4.52. The third-order valence-electron chi connectivity index (χ3n) is 6.35. The molecule has 2 aromatic heterocycles. The molecule has 2 N–H and O–H groups in total. The molecule has 0 bridgehead atoms. The van der Waals surface area contributed by atoms with Crippen LogP contribution in [0.4, 0.5) is 9.80 Å². The molecule has 0 aliphatic heterocycles. The number of hydrogen-bond donors (Lipinski definition) is 2. The highest BCUT2D eigenvalue weighted by molar-refractivity contribution is 7.16. The Morgan fingerprint density at radius 1 is 1.34 bits per heavy atom. The van der Waals surface area contributed by atoms with Crippen molar-refractivity contribution in [2.45, 2.75) is 45.1 Å². The molecule has 2 heterocycles. The lowest BCUT2D eigenvalue weighted by Crippen LogP contribution is -2.28. The van der Waals surface area contributed by atoms with Crippen LogP contribution in [-0.2, 0) is 36.0 Å². The lowest BCUT2D eigenvalue weighted by atomic mass is 9.88. The first kappa shape index (κ1) is 24.5. The summed E-state index contributed by atoms with van der Waals surface area (Å²) in [6.07, 6.45) is 5.65. The molecule has 0 saturated heterocycles. The summed E-state index contributed by atoms with van der Waals surface area (Å²) >= 11 is 1.46. The van der Waals surface area contributed by atoms with E-state index in [9.17, 15) is 14.9 Å². The van der Waals surface area contributed by atoms with Crippen molar-refractivity contribution in [3.05, 3.63) is 70.1 Å². The molecule has 2 unspecified atom stereocenters. The van der Waals surface area contributed by atoms with Crippen LogP contribution in [0.1, 0.15) is 53.1 Å². The summed E-state index contributed by atoms with van der Waals surface area (Å²) in [4.78, 5) is 30.1. The van der Waals surface area contributed by atoms with Gasteiger partial charge in [-0.25, -0.2) is 9.78 Å². The molecule has 3 aromatic rings. The van der Waals surface area contributed by atoms with Gasteiger partial charge in [-0.1, -0.05) is 37.3 Å². The quantitative estimate of drug-likeness (QED) is 0.482. The number of nitrogens with one attached hydrogen (secondary N) is 2. The van der Waals surface area contributed by atoms with Crippen molar-refractivity contribution in [1.29, 1.82) is 5.26 Å². The van der Waals surface area contributed by atoms with Crippen LogP contribution < -0.4 is 10.6 Å². The van der Waals surface area contributed by atoms with Gasteiger partial charge in [-0.05, 0) is 42.2 Å². The summed E-state index contributed by atoms with van der Waals surface area (Å²) in [6, 6.07) is 12.2. The number of amides is 2. The van der Waals surface area contributed by atoms with Gasteiger partial charge in [-0.3, -0.25) is 4.79 Å². The normalized spacial score (nSPS) is 15.5. The molecule has 8 nitrogen and oxygen atoms in total. The summed E-state index contributed by atoms with van der Waals surface area (Å²) in [5, 5.41) is 16.1. The molecular weight excluding hydrogens is 462 g/mol. The van der Waals surface area contributed by atoms with Crippen molar-refractivity contribution in [2.75, 3.05) is 11.9 Å². The zero-order chi connectivity index (χ0) is 24.8. The van der Waals surface area contributed by atoms with E-state index in [1.807, 2.05) is 55.1 Å². The second-order valence-corrected chi connectivity index (χ2v) is 10.0. The van der Waals surface area contributed by atoms with E-state index in [1.165, 1.54) is 11.3 Å². The minimum absolute atomic E-state index is 0.0846. The lowest BCUT2D eigenvalue weighted by molar-refractivity contribution is -0.116. The van der Waals surface area contributed by atoms with E-state index in [2.05, 4.69) is 21.7 Å². The smallest absolute Gasteiger partial charge is 0.407 e. The average molecular weight is 492 g/mol. The Bertz CT molecular complexity index is 1230. The fourth-order valence-electron chi connectivity index (χ4n) is 4.32. The molecule has 4 rings (SSSR count). The molecule has 0 radical (unpaired) electrons. The molecule has 0 saturated carbocycles. The van der Waals surface area contributed by atoms with Gasteiger partial charge in [0, 0.05) is 30.7 Å². The second kappa shape index (κ2) is 11.2. The zero-order valence-corrected chi connectivity index (χ0v) is 20.7. The molecule has 1 aliphatic rings. The first-order chi connectivity index (χ1) is 16.9. The van der Waals surface area contributed by atoms with Crippen molar-refractivity contribution < 1.29 is 14.3 Å². The molecule has 0 fully saturated rings. The number of carbonyl (C=O) groups is 2. The third-order valence-corrected chi connectivity index (χ3v) is 7.52. The number of hydrogen-bond acceptors (Lipinski definition) is 6. The van der Waals surface area contributed by atoms with Gasteiger partial charge in [-0.15, -0.1) is 11.3 Å². The summed E-state index contributed by atoms with van der Waals surface area (Å²) in [7, 11) is 1.87. The van der Waals surface area contributed by atoms with Crippen LogP contribution in [0, 0.1) is 17.2 Å². The maximum atomic E-state index is 12.7. The number of ether oxygens (including phenoxy) is 1. The van der Waals surface area contributed by atoms with Crippen molar-refractivity contribution in [1.82, 2.24) is 14.9 Å². The highest BCUT2D eigenvalue weighted by Crippen LogP contribution is 2.39. The largest absolute Gasteiger partial charge is 0.449 e. The van der Waals surface area contributed by atoms with Crippen molar-refractivity contribution >= 4 is 28.3 Å². The topological polar surface area (TPSA) is 109 Å². The molecule has 2 atom stereocenters. The number of aromatic nitrogens is 2. The number of imidazole rings is 1. The number of carbonyl (C=O) groups excluding carboxylic acids is 2. The number of benzene rings is 1. The summed E-state index contributed by atoms with van der Waals surface area (Å²) in [6.45, 7) is 2.64. The molecule has 0 spiro atoms. The van der Waals surface area contributed by atoms with Crippen LogP contribution in [0.25, 0.3) is 0 Å². The monoisotopic (exact) mass is 491 g/mol. The average Bonchev–Trinajstić information content (AvgIpc) is 3.43. The van der Waals surface area contributed by atoms with Crippen LogP contribution >= 0.6 is 11.3 Å². The fourth-order valence-corrected chi connectivity index (χ4v) is 5.65. The van der Waals surface area contributed by atoms with Crippen LogP contribution in [-0.4, -0.2) is 28.2 Å². The second-order valence-electron chi connectivity index (χ2n) is 8.90. The van der Waals surface area contributed by atoms with E-state index >= 15 is 0 Å². The van der Waals surface area contributed by atoms with Gasteiger partial charge in [0.05, 0.1) is 18.7 Å². The summed E-state index contributed by atoms with van der Waals surface area (Å²) in [5.41, 5.74) is 2.69. The predicted molar refractivity (Wildman–Crippen MR) is 134 cm³/mol. The maximum Gasteiger partial charge on any atom is 0.407 e. The minimum Gasteiger partial charge on any atom is -0.449 e. The Morgan fingerprint density at radius 2 is 2.14 bits per heavy atom. The van der Waals surface area contributed by atoms with E-state index in [4.69, 9.17) is 4.74 Å². The van der Waals surface area contributed by atoms with Gasteiger partial charge in [0.25, 0.3) is 0 Å². The molecule has 9 heteroatoms. The zero-order valence-electron chi connectivity index (χ0n) is 19.9. The number of thiophene rings is 1. The van der Waals surface area contributed by atoms with Crippen LogP contribution in [0.3, 0.4) is 0 Å². The van der Waals surface area contributed by atoms with Crippen molar-refractivity contribution in [3.8, 4) is 6.07 Å². The minimum atomic E-state index is -0.469. The molecular formula is C26H29N5O3S. The van der Waals surface area contributed by atoms with Crippen LogP contribution in [0.5, 0.6) is 0 Å². The first-order valence-corrected chi connectivity index (χ1v) is 12.5. The van der Waals surface area contributed by atoms with Gasteiger partial charge in [0.15, 0.2) is 0 Å². The fraction of sp³-hybridized carbons (Fsp3) is 0.385. The first-order valence-electron chi connectivity index (χ1n) is 11.7. The molecule has 1 aromatic carbocycles. The molecule has 182 valence electrons. The molecule has 2 amide bonds. The number of aryl methyl sites for hydroxylation is 1. The SMILES string of the molecule is CC(CC(=O)Nc1sc2c(c1C#N)CCC(COC(=O)NCc1nccn1C)C2)c1ccccc1. The number of rotatable bonds is 8. The van der Waals surface area contributed by atoms with Crippen molar-refractivity contribution in [3.63, 3.8) is 0 Å². The molecule has 1 aliphatic carbocycles. The summed E-state index contributed by atoms with van der Waals surface area (Å²) in [5.74, 6) is 0.912. The van der Waals surface area contributed by atoms with Gasteiger partial charge < -0.3 is 19.9 Å². The number of fused-ring (bicyclic) bond motifs is 1. The number of nitriles is 1. The lowest BCUT2D eigenvalue weighted by Gasteiger charge is -2.21. The highest BCUT2D eigenvalue weighted by atomic mass is 32.1. The Balaban J connectivity index is 1.31.